The number of aromatic nitrogens is 1. The molecule has 2 N–H and O–H groups in total. The minimum Gasteiger partial charge on any atom is -0.313 e. The van der Waals surface area contributed by atoms with Crippen LogP contribution in [0.4, 0.5) is 10.7 Å². The molecule has 0 fully saturated rings. The molecule has 0 unspecified atom stereocenters. The number of para-hydroxylation sites is 1. The lowest BCUT2D eigenvalue weighted by Crippen LogP contribution is -2.54. The lowest BCUT2D eigenvalue weighted by molar-refractivity contribution is -0.384. The normalized spacial score (nSPS) is 16.2. The van der Waals surface area contributed by atoms with Crippen LogP contribution in [0, 0.1) is 10.1 Å². The van der Waals surface area contributed by atoms with Crippen LogP contribution in [-0.4, -0.2) is 21.4 Å². The van der Waals surface area contributed by atoms with Crippen molar-refractivity contribution in [1.29, 1.82) is 0 Å². The van der Waals surface area contributed by atoms with Gasteiger partial charge in [-0.1, -0.05) is 18.2 Å². The highest BCUT2D eigenvalue weighted by molar-refractivity contribution is 7.23. The van der Waals surface area contributed by atoms with Crippen LogP contribution >= 0.6 is 22.7 Å². The number of benzene rings is 2. The van der Waals surface area contributed by atoms with Crippen molar-refractivity contribution < 1.29 is 9.72 Å². The van der Waals surface area contributed by atoms with E-state index in [2.05, 4.69) is 38.3 Å². The number of nitro groups is 1. The predicted molar refractivity (Wildman–Crippen MR) is 138 cm³/mol. The van der Waals surface area contributed by atoms with Gasteiger partial charge in [0.2, 0.25) is 0 Å². The Bertz CT molecular complexity index is 1420. The fraction of sp³-hybridized carbons (Fsp3) is 0.280. The van der Waals surface area contributed by atoms with E-state index < -0.39 is 4.92 Å². The number of carbonyl (C=O) groups is 1. The van der Waals surface area contributed by atoms with Crippen molar-refractivity contribution in [2.75, 3.05) is 5.32 Å². The number of carbonyl (C=O) groups excluding carboxylic acids is 1. The minimum atomic E-state index is -0.497. The average molecular weight is 493 g/mol. The molecule has 9 heteroatoms. The molecule has 1 amide bonds. The Kier molecular flexibility index (Phi) is 5.31. The zero-order chi connectivity index (χ0) is 24.3. The third-order valence-electron chi connectivity index (χ3n) is 5.90. The fourth-order valence-electron chi connectivity index (χ4n) is 4.76. The number of hydrogen-bond donors (Lipinski definition) is 2. The zero-order valence-corrected chi connectivity index (χ0v) is 20.9. The maximum atomic E-state index is 13.2. The van der Waals surface area contributed by atoms with Gasteiger partial charge in [0.05, 0.1) is 15.1 Å². The number of nitro benzene ring substituents is 1. The third-order valence-corrected chi connectivity index (χ3v) is 8.42. The summed E-state index contributed by atoms with van der Waals surface area (Å²) in [7, 11) is 0. The number of hydrogen-bond acceptors (Lipinski definition) is 7. The first kappa shape index (κ1) is 22.6. The monoisotopic (exact) mass is 492 g/mol. The van der Waals surface area contributed by atoms with Crippen molar-refractivity contribution in [3.63, 3.8) is 0 Å². The van der Waals surface area contributed by atoms with Crippen LogP contribution in [-0.2, 0) is 12.0 Å². The number of anilines is 1. The highest BCUT2D eigenvalue weighted by Gasteiger charge is 2.41. The van der Waals surface area contributed by atoms with E-state index in [1.807, 2.05) is 24.3 Å². The van der Waals surface area contributed by atoms with Crippen molar-refractivity contribution in [2.45, 2.75) is 45.2 Å². The first-order valence-corrected chi connectivity index (χ1v) is 12.5. The Labute approximate surface area is 205 Å². The lowest BCUT2D eigenvalue weighted by Gasteiger charge is -2.42. The summed E-state index contributed by atoms with van der Waals surface area (Å²) in [6, 6.07) is 13.8. The van der Waals surface area contributed by atoms with E-state index in [0.29, 0.717) is 5.00 Å². The predicted octanol–water partition coefficient (Wildman–Crippen LogP) is 6.34. The molecule has 0 atom stereocenters. The maximum Gasteiger partial charge on any atom is 0.270 e. The number of thiophene rings is 1. The lowest BCUT2D eigenvalue weighted by atomic mass is 9.81. The second-order valence-electron chi connectivity index (χ2n) is 9.67. The van der Waals surface area contributed by atoms with Gasteiger partial charge >= 0.3 is 0 Å². The SMILES string of the molecule is CC1(C)Cc2c(sc(NC(=O)c3cccc([N+](=O)[O-])c3)c2-c2nc3ccccc3s2)C(C)(C)N1. The van der Waals surface area contributed by atoms with Crippen LogP contribution in [0.5, 0.6) is 0 Å². The molecular formula is C25H24N4O3S2. The third kappa shape index (κ3) is 4.00. The molecule has 0 radical (unpaired) electrons. The average Bonchev–Trinajstić information content (AvgIpc) is 3.33. The number of amides is 1. The largest absolute Gasteiger partial charge is 0.313 e. The fourth-order valence-corrected chi connectivity index (χ4v) is 7.14. The number of non-ortho nitro benzene ring substituents is 1. The number of fused-ring (bicyclic) bond motifs is 2. The second-order valence-corrected chi connectivity index (χ2v) is 11.7. The molecule has 1 aliphatic rings. The van der Waals surface area contributed by atoms with E-state index in [-0.39, 0.29) is 28.2 Å². The summed E-state index contributed by atoms with van der Waals surface area (Å²) >= 11 is 3.15. The molecular weight excluding hydrogens is 468 g/mol. The van der Waals surface area contributed by atoms with Crippen LogP contribution in [0.2, 0.25) is 0 Å². The van der Waals surface area contributed by atoms with Crippen LogP contribution in [0.25, 0.3) is 20.8 Å². The molecule has 174 valence electrons. The maximum absolute atomic E-state index is 13.2. The summed E-state index contributed by atoms with van der Waals surface area (Å²) in [6.07, 6.45) is 0.792. The zero-order valence-electron chi connectivity index (χ0n) is 19.3. The molecule has 0 bridgehead atoms. The quantitative estimate of drug-likeness (QED) is 0.256. The molecule has 0 aliphatic carbocycles. The molecule has 4 aromatic rings. The van der Waals surface area contributed by atoms with Crippen molar-refractivity contribution in [3.05, 3.63) is 74.6 Å². The smallest absolute Gasteiger partial charge is 0.270 e. The molecule has 0 spiro atoms. The first-order chi connectivity index (χ1) is 16.0. The van der Waals surface area contributed by atoms with E-state index >= 15 is 0 Å². The van der Waals surface area contributed by atoms with E-state index in [0.717, 1.165) is 32.1 Å². The van der Waals surface area contributed by atoms with Crippen LogP contribution in [0.3, 0.4) is 0 Å². The summed E-state index contributed by atoms with van der Waals surface area (Å²) in [4.78, 5) is 29.9. The summed E-state index contributed by atoms with van der Waals surface area (Å²) in [5.74, 6) is -0.380. The topological polar surface area (TPSA) is 97.2 Å². The number of thiazole rings is 1. The van der Waals surface area contributed by atoms with E-state index in [4.69, 9.17) is 4.98 Å². The highest BCUT2D eigenvalue weighted by Crippen LogP contribution is 2.50. The second kappa shape index (κ2) is 7.97. The van der Waals surface area contributed by atoms with Gasteiger partial charge in [-0.25, -0.2) is 4.98 Å². The van der Waals surface area contributed by atoms with E-state index in [1.165, 1.54) is 23.8 Å². The van der Waals surface area contributed by atoms with Gasteiger partial charge in [-0.05, 0) is 57.9 Å². The van der Waals surface area contributed by atoms with Gasteiger partial charge in [-0.2, -0.15) is 0 Å². The Balaban J connectivity index is 1.65. The first-order valence-electron chi connectivity index (χ1n) is 10.9. The molecule has 34 heavy (non-hydrogen) atoms. The summed E-state index contributed by atoms with van der Waals surface area (Å²) in [6.45, 7) is 8.66. The van der Waals surface area contributed by atoms with Crippen LogP contribution in [0.1, 0.15) is 48.5 Å². The number of rotatable bonds is 4. The Morgan fingerprint density at radius 2 is 1.88 bits per heavy atom. The summed E-state index contributed by atoms with van der Waals surface area (Å²) in [5, 5.41) is 19.5. The van der Waals surface area contributed by atoms with Gasteiger partial charge in [0.25, 0.3) is 11.6 Å². The van der Waals surface area contributed by atoms with Gasteiger partial charge in [0.15, 0.2) is 0 Å². The minimum absolute atomic E-state index is 0.114. The summed E-state index contributed by atoms with van der Waals surface area (Å²) < 4.78 is 1.08. The highest BCUT2D eigenvalue weighted by atomic mass is 32.1. The van der Waals surface area contributed by atoms with Crippen molar-refractivity contribution in [2.24, 2.45) is 0 Å². The van der Waals surface area contributed by atoms with Crippen LogP contribution < -0.4 is 10.6 Å². The van der Waals surface area contributed by atoms with E-state index in [1.54, 1.807) is 28.7 Å². The molecule has 2 aromatic heterocycles. The molecule has 0 saturated carbocycles. The molecule has 1 aliphatic heterocycles. The van der Waals surface area contributed by atoms with Crippen LogP contribution in [0.15, 0.2) is 48.5 Å². The Morgan fingerprint density at radius 3 is 2.62 bits per heavy atom. The summed E-state index contributed by atoms with van der Waals surface area (Å²) in [5.41, 5.74) is 2.76. The standard InChI is InChI=1S/C25H24N4O3S2/c1-24(2)13-16-19(22-26-17-10-5-6-11-18(17)33-22)23(34-20(16)25(3,4)28-24)27-21(30)14-8-7-9-15(12-14)29(31)32/h5-12,28H,13H2,1-4H3,(H,27,30). The Hall–Kier alpha value is -3.14. The van der Waals surface area contributed by atoms with Gasteiger partial charge < -0.3 is 10.6 Å². The van der Waals surface area contributed by atoms with Gasteiger partial charge in [-0.3, -0.25) is 14.9 Å². The molecule has 7 nitrogen and oxygen atoms in total. The molecule has 5 rings (SSSR count). The molecule has 2 aromatic carbocycles. The van der Waals surface area contributed by atoms with Gasteiger partial charge in [0, 0.05) is 39.2 Å². The van der Waals surface area contributed by atoms with Crippen molar-refractivity contribution >= 4 is 49.5 Å². The van der Waals surface area contributed by atoms with E-state index in [9.17, 15) is 14.9 Å². The molecule has 3 heterocycles. The number of nitrogens with one attached hydrogen (secondary N) is 2. The number of nitrogens with zero attached hydrogens (tertiary/aromatic N) is 2. The Morgan fingerprint density at radius 1 is 1.12 bits per heavy atom. The van der Waals surface area contributed by atoms with Crippen molar-refractivity contribution in [1.82, 2.24) is 10.3 Å². The van der Waals surface area contributed by atoms with Gasteiger partial charge in [0.1, 0.15) is 10.0 Å². The molecule has 0 saturated heterocycles. The van der Waals surface area contributed by atoms with Crippen molar-refractivity contribution in [3.8, 4) is 10.6 Å². The van der Waals surface area contributed by atoms with Gasteiger partial charge in [-0.15, -0.1) is 22.7 Å².